The molecule has 2 aliphatic rings. The van der Waals surface area contributed by atoms with Crippen molar-refractivity contribution in [3.63, 3.8) is 0 Å². The number of hydrogen-bond donors (Lipinski definition) is 0. The molecule has 0 unspecified atom stereocenters. The van der Waals surface area contributed by atoms with Crippen molar-refractivity contribution in [2.75, 3.05) is 33.0 Å². The highest BCUT2D eigenvalue weighted by atomic mass is 31.2. The van der Waals surface area contributed by atoms with E-state index >= 15 is 0 Å². The largest absolute Gasteiger partial charge is 0.476 e. The van der Waals surface area contributed by atoms with Crippen LogP contribution in [0.1, 0.15) is 38.7 Å². The van der Waals surface area contributed by atoms with Crippen LogP contribution in [-0.4, -0.2) is 37.9 Å². The molecule has 5 nitrogen and oxygen atoms in total. The summed E-state index contributed by atoms with van der Waals surface area (Å²) in [5.41, 5.74) is 1.62. The molecule has 4 rings (SSSR count). The third kappa shape index (κ3) is 4.05. The summed E-state index contributed by atoms with van der Waals surface area (Å²) >= 11 is 0. The van der Waals surface area contributed by atoms with Crippen LogP contribution in [0.15, 0.2) is 42.5 Å². The molecule has 6 heteroatoms. The average Bonchev–Trinajstić information content (AvgIpc) is 3.30. The molecule has 0 amide bonds. The lowest BCUT2D eigenvalue weighted by Crippen LogP contribution is -2.28. The number of rotatable bonds is 10. The lowest BCUT2D eigenvalue weighted by atomic mass is 9.93. The van der Waals surface area contributed by atoms with Crippen LogP contribution >= 0.6 is 7.82 Å². The first-order chi connectivity index (χ1) is 13.6. The van der Waals surface area contributed by atoms with E-state index < -0.39 is 7.82 Å². The molecule has 0 spiro atoms. The number of phosphoric ester groups is 1. The Kier molecular flexibility index (Phi) is 5.91. The van der Waals surface area contributed by atoms with Gasteiger partial charge >= 0.3 is 7.82 Å². The second-order valence-corrected chi connectivity index (χ2v) is 9.67. The van der Waals surface area contributed by atoms with Crippen molar-refractivity contribution < 1.29 is 18.1 Å². The summed E-state index contributed by atoms with van der Waals surface area (Å²) in [5.74, 6) is 0.643. The first-order valence-corrected chi connectivity index (χ1v) is 11.8. The minimum Gasteiger partial charge on any atom is -0.287 e. The molecule has 28 heavy (non-hydrogen) atoms. The molecule has 2 atom stereocenters. The Morgan fingerprint density at radius 2 is 1.75 bits per heavy atom. The quantitative estimate of drug-likeness (QED) is 0.501. The third-order valence-corrected chi connectivity index (χ3v) is 7.28. The molecule has 0 bridgehead atoms. The lowest BCUT2D eigenvalue weighted by Gasteiger charge is -2.24. The zero-order valence-corrected chi connectivity index (χ0v) is 17.7. The Hall–Kier alpha value is -1.23. The SMILES string of the molecule is CCCOP(=O)(OCCC)OCN1C[C@H]2C[C@@]2(c2ccc3ccccc3c2)C1. The van der Waals surface area contributed by atoms with E-state index in [0.717, 1.165) is 25.9 Å². The van der Waals surface area contributed by atoms with Crippen molar-refractivity contribution in [3.8, 4) is 0 Å². The van der Waals surface area contributed by atoms with Gasteiger partial charge in [0.15, 0.2) is 0 Å². The topological polar surface area (TPSA) is 48.0 Å². The van der Waals surface area contributed by atoms with Crippen molar-refractivity contribution in [1.82, 2.24) is 4.90 Å². The molecule has 1 saturated carbocycles. The number of hydrogen-bond acceptors (Lipinski definition) is 5. The van der Waals surface area contributed by atoms with E-state index in [-0.39, 0.29) is 12.1 Å². The second-order valence-electron chi connectivity index (χ2n) is 8.00. The fourth-order valence-electron chi connectivity index (χ4n) is 4.30. The van der Waals surface area contributed by atoms with Crippen LogP contribution in [0, 0.1) is 5.92 Å². The molecule has 0 radical (unpaired) electrons. The number of likely N-dealkylation sites (tertiary alicyclic amines) is 1. The minimum atomic E-state index is -3.48. The molecule has 1 saturated heterocycles. The number of phosphoric acid groups is 1. The molecular weight excluding hydrogens is 373 g/mol. The van der Waals surface area contributed by atoms with Gasteiger partial charge in [0.2, 0.25) is 0 Å². The van der Waals surface area contributed by atoms with Gasteiger partial charge in [-0.15, -0.1) is 0 Å². The van der Waals surface area contributed by atoms with E-state index in [2.05, 4.69) is 47.4 Å². The van der Waals surface area contributed by atoms with Crippen molar-refractivity contribution >= 4 is 18.6 Å². The molecule has 2 aromatic carbocycles. The van der Waals surface area contributed by atoms with Gasteiger partial charge in [-0.2, -0.15) is 0 Å². The zero-order chi connectivity index (χ0) is 19.6. The molecule has 2 fully saturated rings. The predicted octanol–water partition coefficient (Wildman–Crippen LogP) is 5.35. The minimum absolute atomic E-state index is 0.214. The van der Waals surface area contributed by atoms with Crippen LogP contribution in [-0.2, 0) is 23.6 Å². The molecule has 0 N–H and O–H groups in total. The van der Waals surface area contributed by atoms with Crippen molar-refractivity contribution in [2.24, 2.45) is 5.92 Å². The van der Waals surface area contributed by atoms with Crippen LogP contribution in [0.2, 0.25) is 0 Å². The summed E-state index contributed by atoms with van der Waals surface area (Å²) < 4.78 is 29.3. The molecule has 1 aliphatic carbocycles. The second kappa shape index (κ2) is 8.25. The lowest BCUT2D eigenvalue weighted by molar-refractivity contribution is 0.0624. The number of nitrogens with zero attached hydrogens (tertiary/aromatic N) is 1. The van der Waals surface area contributed by atoms with Crippen molar-refractivity contribution in [3.05, 3.63) is 48.0 Å². The van der Waals surface area contributed by atoms with E-state index in [4.69, 9.17) is 13.6 Å². The summed E-state index contributed by atoms with van der Waals surface area (Å²) in [7, 11) is -3.48. The van der Waals surface area contributed by atoms with Gasteiger partial charge in [-0.05, 0) is 41.5 Å². The van der Waals surface area contributed by atoms with Gasteiger partial charge in [0.05, 0.1) is 13.2 Å². The number of fused-ring (bicyclic) bond motifs is 2. The van der Waals surface area contributed by atoms with E-state index in [9.17, 15) is 4.57 Å². The van der Waals surface area contributed by atoms with E-state index in [1.165, 1.54) is 22.8 Å². The molecule has 1 heterocycles. The smallest absolute Gasteiger partial charge is 0.287 e. The van der Waals surface area contributed by atoms with Crippen molar-refractivity contribution in [2.45, 2.75) is 38.5 Å². The summed E-state index contributed by atoms with van der Waals surface area (Å²) in [5, 5.41) is 2.57. The standard InChI is InChI=1S/C22H30NO4P/c1-3-11-25-28(24,26-12-4-2)27-17-23-15-21-14-22(21,16-23)20-10-9-18-7-5-6-8-19(18)13-20/h5-10,13,21H,3-4,11-12,14-17H2,1-2H3/t21-,22+/m1/s1. The van der Waals surface area contributed by atoms with Crippen LogP contribution in [0.4, 0.5) is 0 Å². The Bertz CT molecular complexity index is 860. The fraction of sp³-hybridized carbons (Fsp3) is 0.545. The third-order valence-electron chi connectivity index (χ3n) is 5.85. The summed E-state index contributed by atoms with van der Waals surface area (Å²) in [6.45, 7) is 6.90. The van der Waals surface area contributed by atoms with E-state index in [1.54, 1.807) is 0 Å². The molecule has 1 aliphatic heterocycles. The molecule has 0 aromatic heterocycles. The summed E-state index contributed by atoms with van der Waals surface area (Å²) in [6.07, 6.45) is 2.78. The monoisotopic (exact) mass is 403 g/mol. The van der Waals surface area contributed by atoms with Gasteiger partial charge in [-0.3, -0.25) is 18.5 Å². The Morgan fingerprint density at radius 3 is 2.46 bits per heavy atom. The maximum Gasteiger partial charge on any atom is 0.476 e. The van der Waals surface area contributed by atoms with Gasteiger partial charge in [-0.25, -0.2) is 4.57 Å². The highest BCUT2D eigenvalue weighted by Crippen LogP contribution is 2.59. The average molecular weight is 403 g/mol. The van der Waals surface area contributed by atoms with E-state index in [1.807, 2.05) is 13.8 Å². The summed E-state index contributed by atoms with van der Waals surface area (Å²) in [4.78, 5) is 2.24. The maximum absolute atomic E-state index is 12.8. The summed E-state index contributed by atoms with van der Waals surface area (Å²) in [6, 6.07) is 15.3. The number of benzene rings is 2. The number of piperidine rings is 1. The highest BCUT2D eigenvalue weighted by molar-refractivity contribution is 7.48. The normalized spacial score (nSPS) is 24.6. The first kappa shape index (κ1) is 20.1. The molecule has 2 aromatic rings. The first-order valence-electron chi connectivity index (χ1n) is 10.3. The van der Waals surface area contributed by atoms with Crippen molar-refractivity contribution in [1.29, 1.82) is 0 Å². The van der Waals surface area contributed by atoms with Gasteiger partial charge in [0.1, 0.15) is 6.73 Å². The van der Waals surface area contributed by atoms with Gasteiger partial charge in [-0.1, -0.05) is 56.3 Å². The van der Waals surface area contributed by atoms with Crippen LogP contribution in [0.25, 0.3) is 10.8 Å². The van der Waals surface area contributed by atoms with Gasteiger partial charge < -0.3 is 0 Å². The van der Waals surface area contributed by atoms with Crippen LogP contribution < -0.4 is 0 Å². The van der Waals surface area contributed by atoms with Gasteiger partial charge in [0.25, 0.3) is 0 Å². The van der Waals surface area contributed by atoms with Gasteiger partial charge in [0, 0.05) is 18.5 Å². The fourth-order valence-corrected chi connectivity index (χ4v) is 5.64. The molecular formula is C22H30NO4P. The van der Waals surface area contributed by atoms with Crippen LogP contribution in [0.5, 0.6) is 0 Å². The van der Waals surface area contributed by atoms with E-state index in [0.29, 0.717) is 19.1 Å². The highest BCUT2D eigenvalue weighted by Gasteiger charge is 2.60. The molecule has 152 valence electrons. The zero-order valence-electron chi connectivity index (χ0n) is 16.8. The Balaban J connectivity index is 1.40. The maximum atomic E-state index is 12.8. The predicted molar refractivity (Wildman–Crippen MR) is 111 cm³/mol. The Labute approximate surface area is 167 Å². The Morgan fingerprint density at radius 1 is 1.04 bits per heavy atom. The van der Waals surface area contributed by atoms with Crippen LogP contribution in [0.3, 0.4) is 0 Å².